The zero-order valence-electron chi connectivity index (χ0n) is 28.2. The molecular formula is C36H38F5N7O2S. The van der Waals surface area contributed by atoms with Crippen molar-refractivity contribution in [3.63, 3.8) is 0 Å². The molecule has 2 unspecified atom stereocenters. The minimum Gasteiger partial charge on any atom is -0.463 e. The summed E-state index contributed by atoms with van der Waals surface area (Å²) < 4.78 is 89.4. The van der Waals surface area contributed by atoms with E-state index in [0.29, 0.717) is 19.5 Å². The van der Waals surface area contributed by atoms with E-state index in [4.69, 9.17) is 20.2 Å². The van der Waals surface area contributed by atoms with Crippen LogP contribution in [0.15, 0.2) is 18.2 Å². The first-order valence-electron chi connectivity index (χ1n) is 17.4. The number of nitrogen functional groups attached to an aromatic ring is 1. The summed E-state index contributed by atoms with van der Waals surface area (Å²) in [4.78, 5) is 13.5. The molecule has 4 atom stereocenters. The normalized spacial score (nSPS) is 24.4. The summed E-state index contributed by atoms with van der Waals surface area (Å²) >= 11 is 0.726. The first-order valence-corrected chi connectivity index (χ1v) is 18.2. The Hall–Kier alpha value is -3.84. The molecule has 2 aromatic carbocycles. The number of anilines is 2. The second-order valence-electron chi connectivity index (χ2n) is 14.4. The molecule has 1 saturated carbocycles. The first-order chi connectivity index (χ1) is 24.4. The third-order valence-corrected chi connectivity index (χ3v) is 12.1. The van der Waals surface area contributed by atoms with Gasteiger partial charge in [-0.1, -0.05) is 6.07 Å². The van der Waals surface area contributed by atoms with Gasteiger partial charge in [0.1, 0.15) is 28.2 Å². The highest BCUT2D eigenvalue weighted by Gasteiger charge is 2.47. The van der Waals surface area contributed by atoms with Gasteiger partial charge in [0.05, 0.1) is 34.6 Å². The van der Waals surface area contributed by atoms with E-state index in [0.717, 1.165) is 74.9 Å². The Morgan fingerprint density at radius 3 is 2.55 bits per heavy atom. The zero-order chi connectivity index (χ0) is 35.8. The van der Waals surface area contributed by atoms with Crippen LogP contribution in [-0.4, -0.2) is 78.5 Å². The number of likely N-dealkylation sites (tertiary alicyclic amines) is 1. The molecule has 2 bridgehead atoms. The van der Waals surface area contributed by atoms with Gasteiger partial charge in [-0.3, -0.25) is 4.90 Å². The fraction of sp³-hybridized carbons (Fsp3) is 0.528. The molecule has 3 aliphatic heterocycles. The summed E-state index contributed by atoms with van der Waals surface area (Å²) in [5, 5.41) is 12.9. The lowest BCUT2D eigenvalue weighted by Crippen LogP contribution is -2.45. The summed E-state index contributed by atoms with van der Waals surface area (Å²) in [6.45, 7) is 7.78. The number of thiophene rings is 1. The predicted octanol–water partition coefficient (Wildman–Crippen LogP) is 6.86. The van der Waals surface area contributed by atoms with E-state index in [9.17, 15) is 9.65 Å². The number of aromatic nitrogens is 2. The summed E-state index contributed by atoms with van der Waals surface area (Å²) in [6.07, 6.45) is 0.154. The number of nitrogens with two attached hydrogens (primary N) is 1. The summed E-state index contributed by atoms with van der Waals surface area (Å²) in [5.74, 6) is -1.91. The number of hydrogen-bond acceptors (Lipinski definition) is 10. The molecule has 270 valence electrons. The minimum absolute atomic E-state index is 0.00922. The number of ether oxygens (including phenoxy) is 2. The molecule has 8 rings (SSSR count). The standard InChI is InChI=1S/C36H38F5N7O2S/c1-3-48(26-8-11-44-18(26)2)33-22-12-24(36(39,40)41)28(21-6-7-25(37)31-27(21)23(13-42)32(43)51-31)29(38)30(22)45-34(46-33)49-17-35(9-10-35)16-47-14-19-4-5-20(15-47)50-19/h6-7,12,18-20,26,44H,3-5,8-11,14-17,43H2,1-2H3/t18-,19?,20?,26-/m1/s1. The largest absolute Gasteiger partial charge is 0.463 e. The second-order valence-corrected chi connectivity index (χ2v) is 15.5. The molecule has 0 radical (unpaired) electrons. The molecule has 4 aromatic rings. The van der Waals surface area contributed by atoms with Crippen LogP contribution in [0.5, 0.6) is 6.01 Å². The van der Waals surface area contributed by atoms with Crippen molar-refractivity contribution in [3.05, 3.63) is 41.0 Å². The topological polar surface area (TPSA) is 113 Å². The van der Waals surface area contributed by atoms with Crippen molar-refractivity contribution in [2.24, 2.45) is 5.41 Å². The Labute approximate surface area is 295 Å². The summed E-state index contributed by atoms with van der Waals surface area (Å²) in [6, 6.07) is 4.48. The van der Waals surface area contributed by atoms with E-state index in [1.807, 2.05) is 24.8 Å². The van der Waals surface area contributed by atoms with E-state index in [1.54, 1.807) is 0 Å². The van der Waals surface area contributed by atoms with Gasteiger partial charge >= 0.3 is 12.2 Å². The van der Waals surface area contributed by atoms with Crippen LogP contribution in [0.1, 0.15) is 57.1 Å². The van der Waals surface area contributed by atoms with Crippen molar-refractivity contribution in [2.75, 3.05) is 50.0 Å². The molecule has 3 saturated heterocycles. The molecule has 0 amide bonds. The minimum atomic E-state index is -5.04. The van der Waals surface area contributed by atoms with Crippen molar-refractivity contribution in [1.29, 1.82) is 5.26 Å². The maximum absolute atomic E-state index is 17.2. The number of nitrogens with one attached hydrogen (secondary N) is 1. The number of hydrogen-bond donors (Lipinski definition) is 2. The van der Waals surface area contributed by atoms with Gasteiger partial charge in [0.2, 0.25) is 0 Å². The quantitative estimate of drug-likeness (QED) is 0.179. The van der Waals surface area contributed by atoms with E-state index in [2.05, 4.69) is 15.2 Å². The fourth-order valence-corrected chi connectivity index (χ4v) is 9.28. The van der Waals surface area contributed by atoms with Crippen molar-refractivity contribution in [2.45, 2.75) is 76.4 Å². The third-order valence-electron chi connectivity index (χ3n) is 11.0. The predicted molar refractivity (Wildman–Crippen MR) is 185 cm³/mol. The summed E-state index contributed by atoms with van der Waals surface area (Å²) in [7, 11) is 0. The molecule has 0 spiro atoms. The first kappa shape index (κ1) is 34.3. The smallest absolute Gasteiger partial charge is 0.417 e. The van der Waals surface area contributed by atoms with Crippen molar-refractivity contribution in [1.82, 2.24) is 20.2 Å². The van der Waals surface area contributed by atoms with Gasteiger partial charge in [0, 0.05) is 60.0 Å². The molecule has 5 heterocycles. The highest BCUT2D eigenvalue weighted by atomic mass is 32.1. The number of likely N-dealkylation sites (N-methyl/N-ethyl adjacent to an activating group) is 1. The van der Waals surface area contributed by atoms with Gasteiger partial charge < -0.3 is 25.4 Å². The molecule has 4 fully saturated rings. The number of benzene rings is 2. The van der Waals surface area contributed by atoms with Crippen LogP contribution in [0, 0.1) is 28.4 Å². The van der Waals surface area contributed by atoms with Crippen LogP contribution < -0.4 is 20.7 Å². The Morgan fingerprint density at radius 1 is 1.18 bits per heavy atom. The lowest BCUT2D eigenvalue weighted by Gasteiger charge is -2.34. The van der Waals surface area contributed by atoms with Gasteiger partial charge in [-0.15, -0.1) is 11.3 Å². The number of morpholine rings is 1. The molecular weight excluding hydrogens is 690 g/mol. The molecule has 4 aliphatic rings. The second kappa shape index (κ2) is 12.7. The van der Waals surface area contributed by atoms with Gasteiger partial charge in [-0.05, 0) is 70.2 Å². The van der Waals surface area contributed by atoms with Crippen molar-refractivity contribution in [3.8, 4) is 23.2 Å². The van der Waals surface area contributed by atoms with Gasteiger partial charge in [0.15, 0.2) is 5.82 Å². The highest BCUT2D eigenvalue weighted by Crippen LogP contribution is 2.50. The lowest BCUT2D eigenvalue weighted by molar-refractivity contribution is -0.137. The average Bonchev–Trinajstić information content (AvgIpc) is 3.36. The number of fused-ring (bicyclic) bond motifs is 4. The van der Waals surface area contributed by atoms with Crippen molar-refractivity contribution < 1.29 is 31.4 Å². The Balaban J connectivity index is 1.27. The van der Waals surface area contributed by atoms with Crippen molar-refractivity contribution >= 4 is 43.1 Å². The zero-order valence-corrected chi connectivity index (χ0v) is 29.1. The fourth-order valence-electron chi connectivity index (χ4n) is 8.33. The lowest BCUT2D eigenvalue weighted by atomic mass is 9.92. The Kier molecular flexibility index (Phi) is 8.52. The van der Waals surface area contributed by atoms with Crippen LogP contribution in [-0.2, 0) is 10.9 Å². The summed E-state index contributed by atoms with van der Waals surface area (Å²) in [5.41, 5.74) is 2.84. The van der Waals surface area contributed by atoms with E-state index in [1.165, 1.54) is 0 Å². The highest BCUT2D eigenvalue weighted by molar-refractivity contribution is 7.23. The van der Waals surface area contributed by atoms with Crippen LogP contribution in [0.4, 0.5) is 32.8 Å². The number of halogens is 5. The average molecular weight is 728 g/mol. The van der Waals surface area contributed by atoms with E-state index >= 15 is 17.6 Å². The third kappa shape index (κ3) is 6.03. The van der Waals surface area contributed by atoms with Crippen LogP contribution in [0.3, 0.4) is 0 Å². The number of nitrogens with zero attached hydrogens (tertiary/aromatic N) is 5. The Bertz CT molecular complexity index is 2050. The monoisotopic (exact) mass is 727 g/mol. The van der Waals surface area contributed by atoms with Crippen LogP contribution >= 0.6 is 11.3 Å². The maximum Gasteiger partial charge on any atom is 0.417 e. The van der Waals surface area contributed by atoms with E-state index < -0.39 is 28.9 Å². The van der Waals surface area contributed by atoms with Gasteiger partial charge in [0.25, 0.3) is 0 Å². The SMILES string of the molecule is CCN(c1nc(OCC2(CN3CC4CCC(C3)O4)CC2)nc2c(F)c(-c3ccc(F)c4sc(N)c(C#N)c34)c(C(F)(F)F)cc12)[C@@H]1CCN[C@@H]1C. The molecule has 3 N–H and O–H groups in total. The van der Waals surface area contributed by atoms with Gasteiger partial charge in [-0.25, -0.2) is 8.78 Å². The molecule has 2 aromatic heterocycles. The molecule has 9 nitrogen and oxygen atoms in total. The van der Waals surface area contributed by atoms with E-state index in [-0.39, 0.29) is 85.3 Å². The molecule has 1 aliphatic carbocycles. The number of nitriles is 1. The maximum atomic E-state index is 17.2. The molecule has 15 heteroatoms. The molecule has 51 heavy (non-hydrogen) atoms. The number of alkyl halides is 3. The van der Waals surface area contributed by atoms with Crippen LogP contribution in [0.25, 0.3) is 32.1 Å². The Morgan fingerprint density at radius 2 is 1.92 bits per heavy atom. The number of rotatable bonds is 9. The van der Waals surface area contributed by atoms with Crippen LogP contribution in [0.2, 0.25) is 0 Å². The van der Waals surface area contributed by atoms with Gasteiger partial charge in [-0.2, -0.15) is 28.4 Å².